The molecular weight excluding hydrogens is 330 g/mol. The van der Waals surface area contributed by atoms with Gasteiger partial charge >= 0.3 is 0 Å². The lowest BCUT2D eigenvalue weighted by Gasteiger charge is -2.06. The number of amides is 1. The number of nitrogens with one attached hydrogen (secondary N) is 3. The first-order chi connectivity index (χ1) is 11.5. The van der Waals surface area contributed by atoms with Gasteiger partial charge in [0.15, 0.2) is 22.1 Å². The van der Waals surface area contributed by atoms with E-state index in [0.717, 1.165) is 11.8 Å². The Balaban J connectivity index is 1.65. The van der Waals surface area contributed by atoms with Crippen LogP contribution in [0.25, 0.3) is 11.2 Å². The molecule has 0 radical (unpaired) electrons. The molecule has 0 unspecified atom stereocenters. The highest BCUT2D eigenvalue weighted by Gasteiger charge is 2.09. The van der Waals surface area contributed by atoms with Crippen molar-refractivity contribution in [2.45, 2.75) is 12.1 Å². The summed E-state index contributed by atoms with van der Waals surface area (Å²) in [6.07, 6.45) is 1.38. The van der Waals surface area contributed by atoms with Crippen molar-refractivity contribution in [2.75, 3.05) is 11.1 Å². The minimum atomic E-state index is -0.338. The molecular formula is C15H13N5O3S. The highest BCUT2D eigenvalue weighted by Crippen LogP contribution is 2.15. The fraction of sp³-hybridized carbons (Fsp3) is 0.133. The van der Waals surface area contributed by atoms with E-state index in [2.05, 4.69) is 25.3 Å². The lowest BCUT2D eigenvalue weighted by Crippen LogP contribution is -2.15. The summed E-state index contributed by atoms with van der Waals surface area (Å²) in [6.45, 7) is 1.46. The van der Waals surface area contributed by atoms with Crippen molar-refractivity contribution in [1.29, 1.82) is 0 Å². The van der Waals surface area contributed by atoms with Gasteiger partial charge in [-0.15, -0.1) is 0 Å². The molecule has 0 aliphatic carbocycles. The summed E-state index contributed by atoms with van der Waals surface area (Å²) in [7, 11) is 0. The zero-order valence-electron chi connectivity index (χ0n) is 12.6. The van der Waals surface area contributed by atoms with Crippen LogP contribution in [0.15, 0.2) is 40.5 Å². The Morgan fingerprint density at radius 3 is 2.96 bits per heavy atom. The average Bonchev–Trinajstić information content (AvgIpc) is 3.02. The summed E-state index contributed by atoms with van der Waals surface area (Å²) in [4.78, 5) is 48.5. The minimum Gasteiger partial charge on any atom is -0.339 e. The van der Waals surface area contributed by atoms with Crippen LogP contribution in [0, 0.1) is 0 Å². The number of hydrogen-bond acceptors (Lipinski definition) is 6. The van der Waals surface area contributed by atoms with Crippen LogP contribution < -0.4 is 10.9 Å². The Kier molecular flexibility index (Phi) is 4.43. The number of aromatic amines is 2. The van der Waals surface area contributed by atoms with Crippen molar-refractivity contribution in [3.8, 4) is 0 Å². The summed E-state index contributed by atoms with van der Waals surface area (Å²) >= 11 is 1.09. The first-order valence-electron chi connectivity index (χ1n) is 7.00. The van der Waals surface area contributed by atoms with Crippen LogP contribution in [-0.4, -0.2) is 37.4 Å². The van der Waals surface area contributed by atoms with Crippen LogP contribution in [0.3, 0.4) is 0 Å². The first kappa shape index (κ1) is 15.9. The zero-order valence-corrected chi connectivity index (χ0v) is 13.4. The van der Waals surface area contributed by atoms with Crippen LogP contribution in [0.4, 0.5) is 5.69 Å². The Labute approximate surface area is 140 Å². The molecule has 0 spiro atoms. The molecule has 0 aliphatic rings. The Morgan fingerprint density at radius 1 is 1.33 bits per heavy atom. The number of thioether (sulfide) groups is 1. The molecule has 9 heteroatoms. The van der Waals surface area contributed by atoms with Crippen LogP contribution in [0.5, 0.6) is 0 Å². The molecule has 2 heterocycles. The fourth-order valence-corrected chi connectivity index (χ4v) is 2.69. The van der Waals surface area contributed by atoms with E-state index >= 15 is 0 Å². The summed E-state index contributed by atoms with van der Waals surface area (Å²) in [5.41, 5.74) is 1.32. The number of carbonyl (C=O) groups is 2. The number of aromatic nitrogens is 4. The molecule has 122 valence electrons. The number of benzene rings is 1. The number of rotatable bonds is 5. The van der Waals surface area contributed by atoms with Gasteiger partial charge < -0.3 is 10.3 Å². The lowest BCUT2D eigenvalue weighted by atomic mass is 10.1. The molecule has 0 bridgehead atoms. The Bertz CT molecular complexity index is 978. The number of fused-ring (bicyclic) bond motifs is 1. The molecule has 1 aromatic carbocycles. The van der Waals surface area contributed by atoms with Gasteiger partial charge in [-0.3, -0.25) is 19.4 Å². The van der Waals surface area contributed by atoms with Gasteiger partial charge in [-0.05, 0) is 19.1 Å². The van der Waals surface area contributed by atoms with Crippen molar-refractivity contribution in [2.24, 2.45) is 0 Å². The molecule has 0 fully saturated rings. The van der Waals surface area contributed by atoms with Crippen LogP contribution in [0.2, 0.25) is 0 Å². The number of anilines is 1. The summed E-state index contributed by atoms with van der Waals surface area (Å²) in [5.74, 6) is -0.288. The van der Waals surface area contributed by atoms with Gasteiger partial charge in [0.25, 0.3) is 5.56 Å². The number of imidazole rings is 1. The normalized spacial score (nSPS) is 10.7. The summed E-state index contributed by atoms with van der Waals surface area (Å²) in [5, 5.41) is 3.01. The Hall–Kier alpha value is -2.94. The predicted molar refractivity (Wildman–Crippen MR) is 90.3 cm³/mol. The number of nitrogens with zero attached hydrogens (tertiary/aromatic N) is 2. The third kappa shape index (κ3) is 3.51. The second kappa shape index (κ2) is 6.67. The molecule has 1 amide bonds. The summed E-state index contributed by atoms with van der Waals surface area (Å²) in [6, 6.07) is 6.69. The molecule has 24 heavy (non-hydrogen) atoms. The van der Waals surface area contributed by atoms with E-state index in [4.69, 9.17) is 0 Å². The van der Waals surface area contributed by atoms with Crippen molar-refractivity contribution < 1.29 is 9.59 Å². The van der Waals surface area contributed by atoms with E-state index in [0.29, 0.717) is 27.6 Å². The first-order valence-corrected chi connectivity index (χ1v) is 7.98. The van der Waals surface area contributed by atoms with Crippen molar-refractivity contribution in [3.63, 3.8) is 0 Å². The monoisotopic (exact) mass is 343 g/mol. The largest absolute Gasteiger partial charge is 0.339 e. The highest BCUT2D eigenvalue weighted by atomic mass is 32.2. The molecule has 0 aliphatic heterocycles. The van der Waals surface area contributed by atoms with Gasteiger partial charge in [0.2, 0.25) is 5.91 Å². The third-order valence-corrected chi connectivity index (χ3v) is 4.04. The standard InChI is InChI=1S/C15H13N5O3S/c1-8(21)9-3-2-4-10(5-9)18-11(22)6-24-15-19-13-12(14(23)20-15)16-7-17-13/h2-5,7H,6H2,1H3,(H,18,22)(H2,16,17,19,20,23). The van der Waals surface area contributed by atoms with Gasteiger partial charge in [0.05, 0.1) is 12.1 Å². The number of carbonyl (C=O) groups excluding carboxylic acids is 2. The smallest absolute Gasteiger partial charge is 0.277 e. The van der Waals surface area contributed by atoms with E-state index in [1.165, 1.54) is 13.3 Å². The second-order valence-electron chi connectivity index (χ2n) is 4.95. The van der Waals surface area contributed by atoms with Crippen LogP contribution in [0.1, 0.15) is 17.3 Å². The molecule has 8 nitrogen and oxygen atoms in total. The number of H-pyrrole nitrogens is 2. The zero-order chi connectivity index (χ0) is 17.1. The molecule has 0 atom stereocenters. The van der Waals surface area contributed by atoms with Gasteiger partial charge in [-0.1, -0.05) is 23.9 Å². The molecule has 3 N–H and O–H groups in total. The molecule has 0 saturated heterocycles. The maximum atomic E-state index is 12.0. The highest BCUT2D eigenvalue weighted by molar-refractivity contribution is 7.99. The van der Waals surface area contributed by atoms with Gasteiger partial charge in [0.1, 0.15) is 0 Å². The average molecular weight is 343 g/mol. The number of ketones is 1. The fourth-order valence-electron chi connectivity index (χ4n) is 2.04. The van der Waals surface area contributed by atoms with Crippen LogP contribution in [-0.2, 0) is 4.79 Å². The van der Waals surface area contributed by atoms with E-state index < -0.39 is 0 Å². The molecule has 3 rings (SSSR count). The number of Topliss-reactive ketones (excluding diaryl/α,β-unsaturated/α-hetero) is 1. The van der Waals surface area contributed by atoms with E-state index in [-0.39, 0.29) is 23.0 Å². The number of hydrogen-bond donors (Lipinski definition) is 3. The van der Waals surface area contributed by atoms with Crippen molar-refractivity contribution >= 4 is 40.3 Å². The minimum absolute atomic E-state index is 0.0587. The maximum absolute atomic E-state index is 12.0. The van der Waals surface area contributed by atoms with Gasteiger partial charge in [-0.2, -0.15) is 0 Å². The molecule has 2 aromatic heterocycles. The van der Waals surface area contributed by atoms with E-state index in [9.17, 15) is 14.4 Å². The van der Waals surface area contributed by atoms with E-state index in [1.54, 1.807) is 24.3 Å². The topological polar surface area (TPSA) is 121 Å². The SMILES string of the molecule is CC(=O)c1cccc(NC(=O)CSc2nc3nc[nH]c3c(=O)[nH]2)c1. The second-order valence-corrected chi connectivity index (χ2v) is 5.91. The third-order valence-electron chi connectivity index (χ3n) is 3.17. The maximum Gasteiger partial charge on any atom is 0.277 e. The van der Waals surface area contributed by atoms with Crippen LogP contribution >= 0.6 is 11.8 Å². The van der Waals surface area contributed by atoms with Crippen molar-refractivity contribution in [1.82, 2.24) is 19.9 Å². The van der Waals surface area contributed by atoms with Gasteiger partial charge in [-0.25, -0.2) is 9.97 Å². The van der Waals surface area contributed by atoms with Gasteiger partial charge in [0, 0.05) is 11.3 Å². The summed E-state index contributed by atoms with van der Waals surface area (Å²) < 4.78 is 0. The quantitative estimate of drug-likeness (QED) is 0.367. The molecule has 0 saturated carbocycles. The lowest BCUT2D eigenvalue weighted by molar-refractivity contribution is -0.113. The molecule has 3 aromatic rings. The van der Waals surface area contributed by atoms with Crippen molar-refractivity contribution in [3.05, 3.63) is 46.5 Å². The predicted octanol–water partition coefficient (Wildman–Crippen LogP) is 1.58. The Morgan fingerprint density at radius 2 is 2.17 bits per heavy atom. The van der Waals surface area contributed by atoms with E-state index in [1.807, 2.05) is 0 Å².